The predicted octanol–water partition coefficient (Wildman–Crippen LogP) is 2.95. The molecule has 1 aromatic carbocycles. The Morgan fingerprint density at radius 3 is 2.73 bits per heavy atom. The number of carbonyl (C=O) groups is 1. The summed E-state index contributed by atoms with van der Waals surface area (Å²) in [5, 5.41) is 9.06. The fourth-order valence-corrected chi connectivity index (χ4v) is 1.50. The molecule has 0 amide bonds. The molecule has 0 aliphatic rings. The van der Waals surface area contributed by atoms with Gasteiger partial charge in [-0.1, -0.05) is 17.7 Å². The Kier molecular flexibility index (Phi) is 2.29. The SMILES string of the molecule is Cc1ccc(-c2ccoc2)c(C(=O)O)c1. The summed E-state index contributed by atoms with van der Waals surface area (Å²) in [6.45, 7) is 1.87. The number of aromatic carboxylic acids is 1. The van der Waals surface area contributed by atoms with E-state index in [9.17, 15) is 4.79 Å². The average molecular weight is 202 g/mol. The summed E-state index contributed by atoms with van der Waals surface area (Å²) in [7, 11) is 0. The summed E-state index contributed by atoms with van der Waals surface area (Å²) in [5.74, 6) is -0.921. The first kappa shape index (κ1) is 9.52. The van der Waals surface area contributed by atoms with E-state index in [1.165, 1.54) is 12.5 Å². The van der Waals surface area contributed by atoms with E-state index >= 15 is 0 Å². The van der Waals surface area contributed by atoms with Gasteiger partial charge in [0.25, 0.3) is 0 Å². The lowest BCUT2D eigenvalue weighted by Crippen LogP contribution is -1.99. The monoisotopic (exact) mass is 202 g/mol. The third-order valence-corrected chi connectivity index (χ3v) is 2.24. The molecular formula is C12H10O3. The van der Waals surface area contributed by atoms with Crippen molar-refractivity contribution in [1.82, 2.24) is 0 Å². The zero-order valence-electron chi connectivity index (χ0n) is 8.23. The number of aryl methyl sites for hydroxylation is 1. The number of carboxylic acid groups (broad SMARTS) is 1. The van der Waals surface area contributed by atoms with Gasteiger partial charge in [0, 0.05) is 5.56 Å². The standard InChI is InChI=1S/C12H10O3/c1-8-2-3-10(9-4-5-15-7-9)11(6-8)12(13)14/h2-7H,1H3,(H,13,14). The minimum atomic E-state index is -0.921. The largest absolute Gasteiger partial charge is 0.478 e. The van der Waals surface area contributed by atoms with E-state index in [-0.39, 0.29) is 0 Å². The number of benzene rings is 1. The molecule has 0 atom stereocenters. The first-order valence-electron chi connectivity index (χ1n) is 4.55. The maximum absolute atomic E-state index is 11.0. The van der Waals surface area contributed by atoms with Crippen LogP contribution in [0.25, 0.3) is 11.1 Å². The van der Waals surface area contributed by atoms with Gasteiger partial charge in [-0.05, 0) is 24.6 Å². The van der Waals surface area contributed by atoms with Crippen molar-refractivity contribution in [3.05, 3.63) is 47.9 Å². The van der Waals surface area contributed by atoms with Crippen LogP contribution in [0.1, 0.15) is 15.9 Å². The Morgan fingerprint density at radius 2 is 2.13 bits per heavy atom. The molecule has 0 aliphatic carbocycles. The van der Waals surface area contributed by atoms with Gasteiger partial charge >= 0.3 is 5.97 Å². The van der Waals surface area contributed by atoms with Crippen LogP contribution in [0.3, 0.4) is 0 Å². The van der Waals surface area contributed by atoms with E-state index < -0.39 is 5.97 Å². The van der Waals surface area contributed by atoms with E-state index in [1.807, 2.05) is 13.0 Å². The molecular weight excluding hydrogens is 192 g/mol. The number of hydrogen-bond acceptors (Lipinski definition) is 2. The van der Waals surface area contributed by atoms with Gasteiger partial charge in [0.15, 0.2) is 0 Å². The molecule has 0 unspecified atom stereocenters. The van der Waals surface area contributed by atoms with Crippen LogP contribution in [0.5, 0.6) is 0 Å². The van der Waals surface area contributed by atoms with Crippen LogP contribution in [-0.2, 0) is 0 Å². The van der Waals surface area contributed by atoms with Gasteiger partial charge in [0.2, 0.25) is 0 Å². The predicted molar refractivity (Wildman–Crippen MR) is 55.8 cm³/mol. The van der Waals surface area contributed by atoms with E-state index in [1.54, 1.807) is 18.2 Å². The zero-order chi connectivity index (χ0) is 10.8. The van der Waals surface area contributed by atoms with Crippen molar-refractivity contribution in [2.45, 2.75) is 6.92 Å². The van der Waals surface area contributed by atoms with Gasteiger partial charge < -0.3 is 9.52 Å². The van der Waals surface area contributed by atoms with Crippen LogP contribution in [0.15, 0.2) is 41.2 Å². The summed E-state index contributed by atoms with van der Waals surface area (Å²) in [5.41, 5.74) is 2.70. The number of carboxylic acids is 1. The lowest BCUT2D eigenvalue weighted by Gasteiger charge is -2.04. The molecule has 1 N–H and O–H groups in total. The molecule has 0 saturated heterocycles. The highest BCUT2D eigenvalue weighted by molar-refractivity contribution is 5.96. The minimum Gasteiger partial charge on any atom is -0.478 e. The minimum absolute atomic E-state index is 0.302. The molecule has 2 rings (SSSR count). The third kappa shape index (κ3) is 1.76. The second-order valence-electron chi connectivity index (χ2n) is 3.37. The van der Waals surface area contributed by atoms with Gasteiger partial charge in [0.05, 0.1) is 18.1 Å². The molecule has 0 bridgehead atoms. The Bertz CT molecular complexity index is 484. The second-order valence-corrected chi connectivity index (χ2v) is 3.37. The van der Waals surface area contributed by atoms with Crippen LogP contribution in [0.4, 0.5) is 0 Å². The number of furan rings is 1. The maximum atomic E-state index is 11.0. The lowest BCUT2D eigenvalue weighted by atomic mass is 10.00. The topological polar surface area (TPSA) is 50.4 Å². The van der Waals surface area contributed by atoms with Gasteiger partial charge in [-0.15, -0.1) is 0 Å². The third-order valence-electron chi connectivity index (χ3n) is 2.24. The fraction of sp³-hybridized carbons (Fsp3) is 0.0833. The van der Waals surface area contributed by atoms with Crippen molar-refractivity contribution >= 4 is 5.97 Å². The van der Waals surface area contributed by atoms with Crippen LogP contribution >= 0.6 is 0 Å². The van der Waals surface area contributed by atoms with Crippen LogP contribution in [0.2, 0.25) is 0 Å². The van der Waals surface area contributed by atoms with E-state index in [4.69, 9.17) is 9.52 Å². The van der Waals surface area contributed by atoms with Gasteiger partial charge in [0.1, 0.15) is 0 Å². The smallest absolute Gasteiger partial charge is 0.336 e. The Hall–Kier alpha value is -2.03. The molecule has 3 heteroatoms. The molecule has 1 aromatic heterocycles. The Morgan fingerprint density at radius 1 is 1.33 bits per heavy atom. The van der Waals surface area contributed by atoms with E-state index in [0.717, 1.165) is 11.1 Å². The second kappa shape index (κ2) is 3.61. The normalized spacial score (nSPS) is 10.2. The van der Waals surface area contributed by atoms with Crippen molar-refractivity contribution in [2.24, 2.45) is 0 Å². The van der Waals surface area contributed by atoms with Crippen LogP contribution < -0.4 is 0 Å². The molecule has 3 nitrogen and oxygen atoms in total. The molecule has 0 fully saturated rings. The first-order valence-corrected chi connectivity index (χ1v) is 4.55. The van der Waals surface area contributed by atoms with Crippen molar-refractivity contribution in [3.63, 3.8) is 0 Å². The van der Waals surface area contributed by atoms with Gasteiger partial charge in [-0.25, -0.2) is 4.79 Å². The van der Waals surface area contributed by atoms with Crippen molar-refractivity contribution in [2.75, 3.05) is 0 Å². The zero-order valence-corrected chi connectivity index (χ0v) is 8.23. The molecule has 0 spiro atoms. The summed E-state index contributed by atoms with van der Waals surface area (Å²) in [6, 6.07) is 7.08. The summed E-state index contributed by atoms with van der Waals surface area (Å²) >= 11 is 0. The Balaban J connectivity index is 2.61. The highest BCUT2D eigenvalue weighted by atomic mass is 16.4. The fourth-order valence-electron chi connectivity index (χ4n) is 1.50. The first-order chi connectivity index (χ1) is 7.18. The summed E-state index contributed by atoms with van der Waals surface area (Å²) in [4.78, 5) is 11.0. The lowest BCUT2D eigenvalue weighted by molar-refractivity contribution is 0.0697. The molecule has 0 aliphatic heterocycles. The Labute approximate surface area is 87.0 Å². The van der Waals surface area contributed by atoms with Crippen molar-refractivity contribution in [1.29, 1.82) is 0 Å². The van der Waals surface area contributed by atoms with E-state index in [2.05, 4.69) is 0 Å². The van der Waals surface area contributed by atoms with Gasteiger partial charge in [-0.3, -0.25) is 0 Å². The summed E-state index contributed by atoms with van der Waals surface area (Å²) < 4.78 is 4.94. The molecule has 2 aromatic rings. The number of rotatable bonds is 2. The van der Waals surface area contributed by atoms with Crippen LogP contribution in [-0.4, -0.2) is 11.1 Å². The quantitative estimate of drug-likeness (QED) is 0.814. The van der Waals surface area contributed by atoms with Gasteiger partial charge in [-0.2, -0.15) is 0 Å². The molecule has 1 heterocycles. The van der Waals surface area contributed by atoms with E-state index in [0.29, 0.717) is 11.1 Å². The van der Waals surface area contributed by atoms with Crippen molar-refractivity contribution < 1.29 is 14.3 Å². The highest BCUT2D eigenvalue weighted by Gasteiger charge is 2.12. The maximum Gasteiger partial charge on any atom is 0.336 e. The van der Waals surface area contributed by atoms with Crippen molar-refractivity contribution in [3.8, 4) is 11.1 Å². The summed E-state index contributed by atoms with van der Waals surface area (Å²) in [6.07, 6.45) is 3.07. The molecule has 15 heavy (non-hydrogen) atoms. The molecule has 0 saturated carbocycles. The average Bonchev–Trinajstić information content (AvgIpc) is 2.70. The molecule has 0 radical (unpaired) electrons. The van der Waals surface area contributed by atoms with Crippen LogP contribution in [0, 0.1) is 6.92 Å². The highest BCUT2D eigenvalue weighted by Crippen LogP contribution is 2.25. The number of hydrogen-bond donors (Lipinski definition) is 1. The molecule has 76 valence electrons.